The van der Waals surface area contributed by atoms with Crippen LogP contribution in [0.1, 0.15) is 17.2 Å². The van der Waals surface area contributed by atoms with Crippen LogP contribution in [0.3, 0.4) is 0 Å². The van der Waals surface area contributed by atoms with E-state index in [1.807, 2.05) is 6.07 Å². The first-order valence-electron chi connectivity index (χ1n) is 8.36. The van der Waals surface area contributed by atoms with Crippen molar-refractivity contribution < 1.29 is 21.6 Å². The fourth-order valence-electron chi connectivity index (χ4n) is 3.16. The van der Waals surface area contributed by atoms with Crippen LogP contribution in [0, 0.1) is 0 Å². The highest BCUT2D eigenvalue weighted by molar-refractivity contribution is 7.92. The number of methoxy groups -OCH3 is 1. The van der Waals surface area contributed by atoms with Crippen molar-refractivity contribution >= 4 is 31.5 Å². The van der Waals surface area contributed by atoms with E-state index in [1.54, 1.807) is 24.3 Å². The zero-order valence-corrected chi connectivity index (χ0v) is 17.1. The molecule has 1 fully saturated rings. The van der Waals surface area contributed by atoms with Gasteiger partial charge in [-0.05, 0) is 30.2 Å². The molecule has 0 unspecified atom stereocenters. The molecule has 0 aromatic heterocycles. The van der Waals surface area contributed by atoms with Gasteiger partial charge in [0.2, 0.25) is 10.0 Å². The summed E-state index contributed by atoms with van der Waals surface area (Å²) in [5, 5.41) is -0.526. The van der Waals surface area contributed by atoms with Crippen molar-refractivity contribution in [2.24, 2.45) is 0 Å². The van der Waals surface area contributed by atoms with Gasteiger partial charge in [0.1, 0.15) is 5.75 Å². The second-order valence-electron chi connectivity index (χ2n) is 6.26. The van der Waals surface area contributed by atoms with Gasteiger partial charge >= 0.3 is 0 Å². The van der Waals surface area contributed by atoms with Crippen LogP contribution in [0.25, 0.3) is 0 Å². The minimum atomic E-state index is -3.86. The number of ether oxygens (including phenoxy) is 1. The summed E-state index contributed by atoms with van der Waals surface area (Å²) in [6, 6.07) is 13.1. The maximum atomic E-state index is 13.0. The first kappa shape index (κ1) is 20.1. The molecule has 1 saturated heterocycles. The van der Waals surface area contributed by atoms with E-state index in [1.165, 1.54) is 29.6 Å². The Hall–Kier alpha value is -1.61. The third kappa shape index (κ3) is 4.13. The lowest BCUT2D eigenvalue weighted by atomic mass is 10.1. The molecule has 1 heterocycles. The summed E-state index contributed by atoms with van der Waals surface area (Å²) < 4.78 is 57.6. The van der Waals surface area contributed by atoms with Crippen molar-refractivity contribution in [1.82, 2.24) is 4.31 Å². The van der Waals surface area contributed by atoms with E-state index in [9.17, 15) is 16.8 Å². The van der Waals surface area contributed by atoms with Gasteiger partial charge in [0.15, 0.2) is 9.84 Å². The van der Waals surface area contributed by atoms with Gasteiger partial charge in [-0.1, -0.05) is 41.9 Å². The second kappa shape index (κ2) is 7.79. The average molecular weight is 430 g/mol. The van der Waals surface area contributed by atoms with Gasteiger partial charge in [-0.25, -0.2) is 16.8 Å². The Kier molecular flexibility index (Phi) is 5.81. The fraction of sp³-hybridized carbons (Fsp3) is 0.333. The topological polar surface area (TPSA) is 80.8 Å². The van der Waals surface area contributed by atoms with Crippen LogP contribution < -0.4 is 4.74 Å². The van der Waals surface area contributed by atoms with Crippen molar-refractivity contribution in [2.75, 3.05) is 26.0 Å². The summed E-state index contributed by atoms with van der Waals surface area (Å²) in [5.74, 6) is 0.147. The molecule has 1 aliphatic heterocycles. The van der Waals surface area contributed by atoms with Crippen molar-refractivity contribution in [3.63, 3.8) is 0 Å². The molecule has 3 rings (SSSR count). The highest BCUT2D eigenvalue weighted by atomic mass is 35.5. The van der Waals surface area contributed by atoms with Gasteiger partial charge < -0.3 is 4.74 Å². The van der Waals surface area contributed by atoms with Crippen molar-refractivity contribution in [2.45, 2.75) is 16.6 Å². The maximum Gasteiger partial charge on any atom is 0.243 e. The third-order valence-electron chi connectivity index (χ3n) is 4.63. The monoisotopic (exact) mass is 429 g/mol. The number of hydrogen-bond donors (Lipinski definition) is 0. The quantitative estimate of drug-likeness (QED) is 0.746. The molecule has 0 aliphatic carbocycles. The standard InChI is InChI=1S/C18H20ClNO5S2/c1-25-17-8-7-15(13-16(17)19)27(23,24)20-10-9-18(26(21,22)12-11-20)14-5-3-2-4-6-14/h2-8,13,18H,9-12H2,1H3/t18-/m0/s1. The molecule has 2 aromatic rings. The SMILES string of the molecule is COc1ccc(S(=O)(=O)N2CC[C@@H](c3ccccc3)S(=O)(=O)CC2)cc1Cl. The third-order valence-corrected chi connectivity index (χ3v) is 8.95. The fourth-order valence-corrected chi connectivity index (χ4v) is 6.88. The maximum absolute atomic E-state index is 13.0. The lowest BCUT2D eigenvalue weighted by Gasteiger charge is -2.20. The van der Waals surface area contributed by atoms with Crippen LogP contribution in [-0.2, 0) is 19.9 Å². The van der Waals surface area contributed by atoms with Crippen molar-refractivity contribution in [3.05, 3.63) is 59.1 Å². The average Bonchev–Trinajstić information content (AvgIpc) is 2.80. The van der Waals surface area contributed by atoms with Gasteiger partial charge in [-0.2, -0.15) is 4.31 Å². The molecule has 6 nitrogen and oxygen atoms in total. The van der Waals surface area contributed by atoms with Crippen LogP contribution in [0.15, 0.2) is 53.4 Å². The lowest BCUT2D eigenvalue weighted by Crippen LogP contribution is -2.33. The summed E-state index contributed by atoms with van der Waals surface area (Å²) in [6.07, 6.45) is 0.204. The van der Waals surface area contributed by atoms with Crippen LogP contribution in [0.5, 0.6) is 5.75 Å². The first-order valence-corrected chi connectivity index (χ1v) is 11.9. The molecule has 0 radical (unpaired) electrons. The van der Waals surface area contributed by atoms with Crippen LogP contribution in [-0.4, -0.2) is 47.1 Å². The van der Waals surface area contributed by atoms with Gasteiger partial charge in [0, 0.05) is 13.1 Å². The normalized spacial score (nSPS) is 20.7. The summed E-state index contributed by atoms with van der Waals surface area (Å²) in [7, 11) is -5.88. The highest BCUT2D eigenvalue weighted by Crippen LogP contribution is 2.32. The molecule has 1 aliphatic rings. The Bertz CT molecular complexity index is 1020. The molecular weight excluding hydrogens is 410 g/mol. The molecule has 0 bridgehead atoms. The number of halogens is 1. The zero-order valence-electron chi connectivity index (χ0n) is 14.7. The number of rotatable bonds is 4. The van der Waals surface area contributed by atoms with Gasteiger partial charge in [0.25, 0.3) is 0 Å². The van der Waals surface area contributed by atoms with Crippen molar-refractivity contribution in [3.8, 4) is 5.75 Å². The van der Waals surface area contributed by atoms with E-state index >= 15 is 0 Å². The number of sulfone groups is 1. The van der Waals surface area contributed by atoms with Gasteiger partial charge in [-0.15, -0.1) is 0 Å². The first-order chi connectivity index (χ1) is 12.8. The zero-order chi connectivity index (χ0) is 19.7. The highest BCUT2D eigenvalue weighted by Gasteiger charge is 2.35. The Balaban J connectivity index is 1.89. The molecule has 0 saturated carbocycles. The van der Waals surface area contributed by atoms with Crippen LogP contribution in [0.4, 0.5) is 0 Å². The van der Waals surface area contributed by atoms with Gasteiger partial charge in [-0.3, -0.25) is 0 Å². The van der Waals surface area contributed by atoms with E-state index < -0.39 is 25.1 Å². The minimum absolute atomic E-state index is 0.0175. The molecule has 0 amide bonds. The predicted molar refractivity (Wildman–Crippen MR) is 104 cm³/mol. The van der Waals surface area contributed by atoms with E-state index in [0.717, 1.165) is 0 Å². The van der Waals surface area contributed by atoms with Crippen LogP contribution >= 0.6 is 11.6 Å². The Labute approximate surface area is 164 Å². The minimum Gasteiger partial charge on any atom is -0.495 e. The molecule has 146 valence electrons. The largest absolute Gasteiger partial charge is 0.495 e. The smallest absolute Gasteiger partial charge is 0.243 e. The number of hydrogen-bond acceptors (Lipinski definition) is 5. The summed E-state index contributed by atoms with van der Waals surface area (Å²) in [5.41, 5.74) is 0.684. The van der Waals surface area contributed by atoms with Crippen molar-refractivity contribution in [1.29, 1.82) is 0 Å². The Morgan fingerprint density at radius 2 is 1.81 bits per heavy atom. The van der Waals surface area contributed by atoms with E-state index in [2.05, 4.69) is 0 Å². The van der Waals surface area contributed by atoms with E-state index in [-0.39, 0.29) is 35.2 Å². The van der Waals surface area contributed by atoms with Crippen LogP contribution in [0.2, 0.25) is 5.02 Å². The lowest BCUT2D eigenvalue weighted by molar-refractivity contribution is 0.414. The van der Waals surface area contributed by atoms with E-state index in [0.29, 0.717) is 11.3 Å². The summed E-state index contributed by atoms with van der Waals surface area (Å²) in [6.45, 7) is 0.0302. The molecule has 9 heteroatoms. The number of sulfonamides is 1. The Morgan fingerprint density at radius 3 is 2.44 bits per heavy atom. The molecular formula is C18H20ClNO5S2. The molecule has 0 spiro atoms. The number of benzene rings is 2. The predicted octanol–water partition coefficient (Wildman–Crippen LogP) is 2.90. The van der Waals surface area contributed by atoms with Gasteiger partial charge in [0.05, 0.1) is 28.0 Å². The van der Waals surface area contributed by atoms with E-state index in [4.69, 9.17) is 16.3 Å². The molecule has 27 heavy (non-hydrogen) atoms. The Morgan fingerprint density at radius 1 is 1.11 bits per heavy atom. The molecule has 2 aromatic carbocycles. The molecule has 0 N–H and O–H groups in total. The summed E-state index contributed by atoms with van der Waals surface area (Å²) in [4.78, 5) is 0.0175. The number of nitrogens with zero attached hydrogens (tertiary/aromatic N) is 1. The summed E-state index contributed by atoms with van der Waals surface area (Å²) >= 11 is 6.05. The second-order valence-corrected chi connectivity index (χ2v) is 10.9. The molecule has 1 atom stereocenters.